The molecular formula is C19H22ClNO. The van der Waals surface area contributed by atoms with Gasteiger partial charge in [0, 0.05) is 17.0 Å². The fourth-order valence-electron chi connectivity index (χ4n) is 2.54. The van der Waals surface area contributed by atoms with Crippen LogP contribution < -0.4 is 5.32 Å². The first kappa shape index (κ1) is 16.6. The minimum Gasteiger partial charge on any atom is -0.351 e. The van der Waals surface area contributed by atoms with Crippen LogP contribution in [0.4, 0.5) is 0 Å². The van der Waals surface area contributed by atoms with E-state index < -0.39 is 0 Å². The Labute approximate surface area is 137 Å². The predicted molar refractivity (Wildman–Crippen MR) is 92.1 cm³/mol. The molecule has 2 nitrogen and oxygen atoms in total. The maximum absolute atomic E-state index is 12.2. The number of benzene rings is 2. The van der Waals surface area contributed by atoms with Crippen molar-refractivity contribution in [3.8, 4) is 0 Å². The zero-order valence-corrected chi connectivity index (χ0v) is 13.9. The molecule has 1 N–H and O–H groups in total. The zero-order valence-electron chi connectivity index (χ0n) is 13.1. The molecule has 22 heavy (non-hydrogen) atoms. The van der Waals surface area contributed by atoms with Gasteiger partial charge >= 0.3 is 0 Å². The molecule has 0 atom stereocenters. The third kappa shape index (κ3) is 5.19. The standard InChI is InChI=1S/C19H22ClNO/c1-19(2,14-15-8-4-3-5-9-15)21-18(22)13-12-16-10-6-7-11-17(16)20/h3-11H,12-14H2,1-2H3,(H,21,22). The van der Waals surface area contributed by atoms with Crippen molar-refractivity contribution in [3.05, 3.63) is 70.7 Å². The van der Waals surface area contributed by atoms with Gasteiger partial charge in [-0.15, -0.1) is 0 Å². The summed E-state index contributed by atoms with van der Waals surface area (Å²) in [6.45, 7) is 4.10. The van der Waals surface area contributed by atoms with E-state index in [1.165, 1.54) is 5.56 Å². The van der Waals surface area contributed by atoms with E-state index in [1.54, 1.807) is 0 Å². The second-order valence-corrected chi connectivity index (χ2v) is 6.59. The molecule has 3 heteroatoms. The van der Waals surface area contributed by atoms with Gasteiger partial charge in [0.25, 0.3) is 0 Å². The van der Waals surface area contributed by atoms with Crippen molar-refractivity contribution < 1.29 is 4.79 Å². The summed E-state index contributed by atoms with van der Waals surface area (Å²) in [7, 11) is 0. The highest BCUT2D eigenvalue weighted by Crippen LogP contribution is 2.17. The lowest BCUT2D eigenvalue weighted by Gasteiger charge is -2.26. The van der Waals surface area contributed by atoms with Crippen LogP contribution in [0.1, 0.15) is 31.4 Å². The Hall–Kier alpha value is -1.80. The Balaban J connectivity index is 1.87. The highest BCUT2D eigenvalue weighted by molar-refractivity contribution is 6.31. The second-order valence-electron chi connectivity index (χ2n) is 6.19. The van der Waals surface area contributed by atoms with Gasteiger partial charge < -0.3 is 5.32 Å². The molecule has 0 unspecified atom stereocenters. The summed E-state index contributed by atoms with van der Waals surface area (Å²) in [4.78, 5) is 12.2. The second kappa shape index (κ2) is 7.46. The molecule has 0 radical (unpaired) electrons. The lowest BCUT2D eigenvalue weighted by atomic mass is 9.94. The first-order valence-corrected chi connectivity index (χ1v) is 7.92. The van der Waals surface area contributed by atoms with Gasteiger partial charge in [-0.3, -0.25) is 4.79 Å². The van der Waals surface area contributed by atoms with Crippen LogP contribution in [0.5, 0.6) is 0 Å². The van der Waals surface area contributed by atoms with Crippen molar-refractivity contribution in [2.75, 3.05) is 0 Å². The molecule has 2 aromatic carbocycles. The number of rotatable bonds is 6. The average Bonchev–Trinajstić information content (AvgIpc) is 2.46. The van der Waals surface area contributed by atoms with E-state index in [0.29, 0.717) is 12.8 Å². The van der Waals surface area contributed by atoms with Gasteiger partial charge in [-0.1, -0.05) is 60.1 Å². The highest BCUT2D eigenvalue weighted by atomic mass is 35.5. The first-order chi connectivity index (χ1) is 10.5. The number of carbonyl (C=O) groups excluding carboxylic acids is 1. The van der Waals surface area contributed by atoms with Crippen LogP contribution in [0.3, 0.4) is 0 Å². The monoisotopic (exact) mass is 315 g/mol. The van der Waals surface area contributed by atoms with Crippen molar-refractivity contribution in [1.29, 1.82) is 0 Å². The zero-order chi connectivity index (χ0) is 16.0. The molecule has 1 amide bonds. The van der Waals surface area contributed by atoms with Gasteiger partial charge in [0.1, 0.15) is 0 Å². The molecule has 0 aliphatic carbocycles. The SMILES string of the molecule is CC(C)(Cc1ccccc1)NC(=O)CCc1ccccc1Cl. The van der Waals surface area contributed by atoms with Gasteiger partial charge in [-0.05, 0) is 43.9 Å². The number of hydrogen-bond donors (Lipinski definition) is 1. The van der Waals surface area contributed by atoms with E-state index in [4.69, 9.17) is 11.6 Å². The summed E-state index contributed by atoms with van der Waals surface area (Å²) in [6.07, 6.45) is 1.92. The largest absolute Gasteiger partial charge is 0.351 e. The summed E-state index contributed by atoms with van der Waals surface area (Å²) >= 11 is 6.12. The van der Waals surface area contributed by atoms with Crippen molar-refractivity contribution in [1.82, 2.24) is 5.32 Å². The Morgan fingerprint density at radius 2 is 1.68 bits per heavy atom. The molecule has 0 bridgehead atoms. The number of hydrogen-bond acceptors (Lipinski definition) is 1. The Morgan fingerprint density at radius 3 is 2.36 bits per heavy atom. The molecule has 0 spiro atoms. The van der Waals surface area contributed by atoms with Crippen LogP contribution in [-0.2, 0) is 17.6 Å². The molecule has 2 aromatic rings. The molecule has 2 rings (SSSR count). The van der Waals surface area contributed by atoms with Crippen LogP contribution in [0.2, 0.25) is 5.02 Å². The molecule has 116 valence electrons. The van der Waals surface area contributed by atoms with Crippen LogP contribution in [0.15, 0.2) is 54.6 Å². The highest BCUT2D eigenvalue weighted by Gasteiger charge is 2.20. The summed E-state index contributed by atoms with van der Waals surface area (Å²) < 4.78 is 0. The van der Waals surface area contributed by atoms with Crippen LogP contribution >= 0.6 is 11.6 Å². The summed E-state index contributed by atoms with van der Waals surface area (Å²) in [5.74, 6) is 0.0563. The maximum atomic E-state index is 12.2. The molecule has 0 aromatic heterocycles. The molecule has 0 aliphatic heterocycles. The Morgan fingerprint density at radius 1 is 1.05 bits per heavy atom. The summed E-state index contributed by atoms with van der Waals surface area (Å²) in [5, 5.41) is 3.83. The fourth-order valence-corrected chi connectivity index (χ4v) is 2.77. The molecule has 0 saturated heterocycles. The number of halogens is 1. The van der Waals surface area contributed by atoms with Crippen molar-refractivity contribution in [2.24, 2.45) is 0 Å². The molecular weight excluding hydrogens is 294 g/mol. The van der Waals surface area contributed by atoms with Crippen LogP contribution in [0, 0.1) is 0 Å². The first-order valence-electron chi connectivity index (χ1n) is 7.55. The lowest BCUT2D eigenvalue weighted by molar-refractivity contribution is -0.122. The van der Waals surface area contributed by atoms with E-state index >= 15 is 0 Å². The van der Waals surface area contributed by atoms with Crippen LogP contribution in [-0.4, -0.2) is 11.4 Å². The average molecular weight is 316 g/mol. The van der Waals surface area contributed by atoms with Gasteiger partial charge in [-0.25, -0.2) is 0 Å². The quantitative estimate of drug-likeness (QED) is 0.840. The van der Waals surface area contributed by atoms with Crippen LogP contribution in [0.25, 0.3) is 0 Å². The Bertz CT molecular complexity index is 622. The number of amides is 1. The smallest absolute Gasteiger partial charge is 0.220 e. The van der Waals surface area contributed by atoms with E-state index in [1.807, 2.05) is 56.3 Å². The summed E-state index contributed by atoms with van der Waals surface area (Å²) in [6, 6.07) is 17.9. The van der Waals surface area contributed by atoms with Crippen molar-refractivity contribution in [3.63, 3.8) is 0 Å². The molecule has 0 fully saturated rings. The minimum absolute atomic E-state index is 0.0563. The van der Waals surface area contributed by atoms with Gasteiger partial charge in [0.2, 0.25) is 5.91 Å². The summed E-state index contributed by atoms with van der Waals surface area (Å²) in [5.41, 5.74) is 1.97. The third-order valence-corrected chi connectivity index (χ3v) is 3.91. The van der Waals surface area contributed by atoms with E-state index in [9.17, 15) is 4.79 Å². The maximum Gasteiger partial charge on any atom is 0.220 e. The van der Waals surface area contributed by atoms with E-state index in [-0.39, 0.29) is 11.4 Å². The Kier molecular flexibility index (Phi) is 5.62. The molecule has 0 saturated carbocycles. The normalized spacial score (nSPS) is 11.2. The minimum atomic E-state index is -0.265. The number of nitrogens with one attached hydrogen (secondary N) is 1. The lowest BCUT2D eigenvalue weighted by Crippen LogP contribution is -2.45. The third-order valence-electron chi connectivity index (χ3n) is 3.55. The van der Waals surface area contributed by atoms with E-state index in [0.717, 1.165) is 17.0 Å². The van der Waals surface area contributed by atoms with Gasteiger partial charge in [-0.2, -0.15) is 0 Å². The van der Waals surface area contributed by atoms with Crippen molar-refractivity contribution in [2.45, 2.75) is 38.6 Å². The van der Waals surface area contributed by atoms with Gasteiger partial charge in [0.15, 0.2) is 0 Å². The fraction of sp³-hybridized carbons (Fsp3) is 0.316. The molecule has 0 heterocycles. The predicted octanol–water partition coefficient (Wildman–Crippen LogP) is 4.41. The molecule has 0 aliphatic rings. The van der Waals surface area contributed by atoms with Crippen molar-refractivity contribution >= 4 is 17.5 Å². The number of aryl methyl sites for hydroxylation is 1. The van der Waals surface area contributed by atoms with E-state index in [2.05, 4.69) is 17.4 Å². The topological polar surface area (TPSA) is 29.1 Å². The number of carbonyl (C=O) groups is 1. The van der Waals surface area contributed by atoms with Gasteiger partial charge in [0.05, 0.1) is 0 Å².